The normalized spacial score (nSPS) is 17.7. The van der Waals surface area contributed by atoms with E-state index >= 15 is 0 Å². The van der Waals surface area contributed by atoms with Crippen LogP contribution in [0.4, 0.5) is 0 Å². The number of aromatic nitrogens is 3. The predicted molar refractivity (Wildman–Crippen MR) is 85.0 cm³/mol. The Kier molecular flexibility index (Phi) is 2.97. The van der Waals surface area contributed by atoms with Crippen LogP contribution < -0.4 is 0 Å². The van der Waals surface area contributed by atoms with Crippen LogP contribution in [0.15, 0.2) is 36.5 Å². The van der Waals surface area contributed by atoms with Crippen molar-refractivity contribution in [3.05, 3.63) is 53.1 Å². The smallest absolute Gasteiger partial charge is 0.290 e. The second-order valence-corrected chi connectivity index (χ2v) is 5.93. The van der Waals surface area contributed by atoms with Gasteiger partial charge < -0.3 is 14.5 Å². The van der Waals surface area contributed by atoms with Crippen LogP contribution in [0.1, 0.15) is 29.3 Å². The third-order valence-corrected chi connectivity index (χ3v) is 4.57. The van der Waals surface area contributed by atoms with Crippen LogP contribution >= 0.6 is 11.6 Å². The first-order chi connectivity index (χ1) is 10.6. The van der Waals surface area contributed by atoms with Crippen LogP contribution in [-0.4, -0.2) is 31.9 Å². The monoisotopic (exact) mass is 314 g/mol. The van der Waals surface area contributed by atoms with Crippen molar-refractivity contribution < 1.29 is 4.79 Å². The number of fused-ring (bicyclic) bond motifs is 2. The van der Waals surface area contributed by atoms with Gasteiger partial charge in [0, 0.05) is 25.0 Å². The maximum atomic E-state index is 12.8. The van der Waals surface area contributed by atoms with Crippen molar-refractivity contribution in [3.8, 4) is 0 Å². The Labute approximate surface area is 132 Å². The molecule has 0 saturated carbocycles. The van der Waals surface area contributed by atoms with Gasteiger partial charge in [-0.1, -0.05) is 17.7 Å². The van der Waals surface area contributed by atoms with Crippen molar-refractivity contribution in [2.45, 2.75) is 19.5 Å². The maximum absolute atomic E-state index is 12.8. The highest BCUT2D eigenvalue weighted by molar-refractivity contribution is 6.35. The second kappa shape index (κ2) is 4.88. The fourth-order valence-corrected chi connectivity index (χ4v) is 3.31. The minimum absolute atomic E-state index is 0.0277. The molecule has 1 aliphatic heterocycles. The molecule has 1 amide bonds. The van der Waals surface area contributed by atoms with Crippen molar-refractivity contribution in [1.82, 2.24) is 19.4 Å². The molecule has 22 heavy (non-hydrogen) atoms. The van der Waals surface area contributed by atoms with Crippen molar-refractivity contribution in [2.75, 3.05) is 6.54 Å². The minimum atomic E-state index is -0.0905. The van der Waals surface area contributed by atoms with Gasteiger partial charge in [0.15, 0.2) is 5.82 Å². The average molecular weight is 315 g/mol. The highest BCUT2D eigenvalue weighted by Gasteiger charge is 2.29. The molecule has 1 N–H and O–H groups in total. The molecule has 0 radical (unpaired) electrons. The van der Waals surface area contributed by atoms with Crippen LogP contribution in [-0.2, 0) is 6.54 Å². The van der Waals surface area contributed by atoms with Crippen molar-refractivity contribution in [2.24, 2.45) is 0 Å². The molecule has 0 saturated heterocycles. The first kappa shape index (κ1) is 13.4. The summed E-state index contributed by atoms with van der Waals surface area (Å²) in [6.45, 7) is 3.52. The lowest BCUT2D eigenvalue weighted by Crippen LogP contribution is -2.41. The SMILES string of the molecule is CC1c2cccn2CCN1C(=O)c1nc2c(Cl)cccc2[nH]1. The number of rotatable bonds is 1. The molecule has 1 aromatic carbocycles. The summed E-state index contributed by atoms with van der Waals surface area (Å²) in [7, 11) is 0. The van der Waals surface area contributed by atoms with Gasteiger partial charge in [0.2, 0.25) is 0 Å². The molecule has 1 atom stereocenters. The predicted octanol–water partition coefficient (Wildman–Crippen LogP) is 3.23. The number of amides is 1. The van der Waals surface area contributed by atoms with Crippen LogP contribution in [0.3, 0.4) is 0 Å². The fourth-order valence-electron chi connectivity index (χ4n) is 3.09. The molecule has 2 aromatic heterocycles. The lowest BCUT2D eigenvalue weighted by Gasteiger charge is -2.34. The molecule has 3 aromatic rings. The van der Waals surface area contributed by atoms with E-state index in [1.807, 2.05) is 30.0 Å². The van der Waals surface area contributed by atoms with Crippen LogP contribution in [0.2, 0.25) is 5.02 Å². The fraction of sp³-hybridized carbons (Fsp3) is 0.250. The number of imidazole rings is 1. The van der Waals surface area contributed by atoms with E-state index in [0.29, 0.717) is 22.9 Å². The van der Waals surface area contributed by atoms with Gasteiger partial charge in [0.1, 0.15) is 5.52 Å². The highest BCUT2D eigenvalue weighted by Crippen LogP contribution is 2.27. The van der Waals surface area contributed by atoms with E-state index in [4.69, 9.17) is 11.6 Å². The van der Waals surface area contributed by atoms with Crippen LogP contribution in [0.25, 0.3) is 11.0 Å². The summed E-state index contributed by atoms with van der Waals surface area (Å²) >= 11 is 6.13. The molecule has 112 valence electrons. The Morgan fingerprint density at radius 2 is 2.18 bits per heavy atom. The quantitative estimate of drug-likeness (QED) is 0.749. The number of carbonyl (C=O) groups excluding carboxylic acids is 1. The molecular formula is C16H15ClN4O. The molecule has 4 rings (SSSR count). The van der Waals surface area contributed by atoms with Gasteiger partial charge in [-0.25, -0.2) is 4.98 Å². The van der Waals surface area contributed by atoms with E-state index in [0.717, 1.165) is 17.8 Å². The van der Waals surface area contributed by atoms with E-state index in [2.05, 4.69) is 26.8 Å². The first-order valence-electron chi connectivity index (χ1n) is 7.25. The largest absolute Gasteiger partial charge is 0.348 e. The zero-order chi connectivity index (χ0) is 15.3. The van der Waals surface area contributed by atoms with Gasteiger partial charge in [-0.15, -0.1) is 0 Å². The van der Waals surface area contributed by atoms with Crippen molar-refractivity contribution in [1.29, 1.82) is 0 Å². The second-order valence-electron chi connectivity index (χ2n) is 5.52. The van der Waals surface area contributed by atoms with Gasteiger partial charge in [0.05, 0.1) is 16.6 Å². The van der Waals surface area contributed by atoms with E-state index in [-0.39, 0.29) is 11.9 Å². The molecule has 0 spiro atoms. The maximum Gasteiger partial charge on any atom is 0.290 e. The number of nitrogens with zero attached hydrogens (tertiary/aromatic N) is 3. The van der Waals surface area contributed by atoms with Crippen molar-refractivity contribution in [3.63, 3.8) is 0 Å². The Hall–Kier alpha value is -2.27. The number of hydrogen-bond donors (Lipinski definition) is 1. The molecule has 6 heteroatoms. The molecule has 0 bridgehead atoms. The van der Waals surface area contributed by atoms with E-state index in [1.54, 1.807) is 6.07 Å². The number of nitrogens with one attached hydrogen (secondary N) is 1. The summed E-state index contributed by atoms with van der Waals surface area (Å²) in [6.07, 6.45) is 2.05. The summed E-state index contributed by atoms with van der Waals surface area (Å²) < 4.78 is 2.18. The third-order valence-electron chi connectivity index (χ3n) is 4.27. The summed E-state index contributed by atoms with van der Waals surface area (Å²) in [5.74, 6) is 0.252. The summed E-state index contributed by atoms with van der Waals surface area (Å²) in [4.78, 5) is 22.1. The van der Waals surface area contributed by atoms with Gasteiger partial charge in [-0.3, -0.25) is 4.79 Å². The molecule has 0 aliphatic carbocycles. The summed E-state index contributed by atoms with van der Waals surface area (Å²) in [5.41, 5.74) is 2.57. The average Bonchev–Trinajstić information content (AvgIpc) is 3.14. The van der Waals surface area contributed by atoms with Gasteiger partial charge in [0.25, 0.3) is 5.91 Å². The van der Waals surface area contributed by atoms with E-state index in [9.17, 15) is 4.79 Å². The number of para-hydroxylation sites is 1. The Balaban J connectivity index is 1.70. The minimum Gasteiger partial charge on any atom is -0.348 e. The molecule has 3 heterocycles. The van der Waals surface area contributed by atoms with E-state index < -0.39 is 0 Å². The highest BCUT2D eigenvalue weighted by atomic mass is 35.5. The van der Waals surface area contributed by atoms with Gasteiger partial charge >= 0.3 is 0 Å². The molecule has 1 unspecified atom stereocenters. The Bertz CT molecular complexity index is 866. The Morgan fingerprint density at radius 1 is 1.32 bits per heavy atom. The zero-order valence-electron chi connectivity index (χ0n) is 12.1. The molecule has 1 aliphatic rings. The summed E-state index contributed by atoms with van der Waals surface area (Å²) in [6, 6.07) is 9.58. The van der Waals surface area contributed by atoms with E-state index in [1.165, 1.54) is 0 Å². The first-order valence-corrected chi connectivity index (χ1v) is 7.63. The number of halogens is 1. The van der Waals surface area contributed by atoms with Crippen molar-refractivity contribution >= 4 is 28.5 Å². The lowest BCUT2D eigenvalue weighted by molar-refractivity contribution is 0.0633. The number of H-pyrrole nitrogens is 1. The standard InChI is InChI=1S/C16H15ClN4O/c1-10-13-6-3-7-20(13)8-9-21(10)16(22)15-18-12-5-2-4-11(17)14(12)19-15/h2-7,10H,8-9H2,1H3,(H,18,19). The Morgan fingerprint density at radius 3 is 3.00 bits per heavy atom. The van der Waals surface area contributed by atoms with Gasteiger partial charge in [-0.05, 0) is 31.2 Å². The summed E-state index contributed by atoms with van der Waals surface area (Å²) in [5, 5.41) is 0.549. The number of benzene rings is 1. The number of carbonyl (C=O) groups is 1. The molecule has 5 nitrogen and oxygen atoms in total. The lowest BCUT2D eigenvalue weighted by atomic mass is 10.1. The molecular weight excluding hydrogens is 300 g/mol. The van der Waals surface area contributed by atoms with Crippen LogP contribution in [0, 0.1) is 0 Å². The number of aromatic amines is 1. The molecule has 0 fully saturated rings. The van der Waals surface area contributed by atoms with Crippen LogP contribution in [0.5, 0.6) is 0 Å². The van der Waals surface area contributed by atoms with Gasteiger partial charge in [-0.2, -0.15) is 0 Å². The third kappa shape index (κ3) is 1.93. The number of hydrogen-bond acceptors (Lipinski definition) is 2. The zero-order valence-corrected chi connectivity index (χ0v) is 12.8. The topological polar surface area (TPSA) is 53.9 Å².